The second kappa shape index (κ2) is 4.84. The summed E-state index contributed by atoms with van der Waals surface area (Å²) in [5.74, 6) is 4.56. The summed E-state index contributed by atoms with van der Waals surface area (Å²) in [4.78, 5) is 0. The van der Waals surface area contributed by atoms with E-state index in [-0.39, 0.29) is 5.54 Å². The van der Waals surface area contributed by atoms with Gasteiger partial charge in [0.2, 0.25) is 0 Å². The molecule has 1 rings (SSSR count). The SMILES string of the molecule is C#CC(C)(C)NCC1CCC(C)CC1. The molecule has 0 aromatic carbocycles. The van der Waals surface area contributed by atoms with E-state index in [2.05, 4.69) is 32.0 Å². The quantitative estimate of drug-likeness (QED) is 0.680. The van der Waals surface area contributed by atoms with Gasteiger partial charge in [-0.3, -0.25) is 0 Å². The van der Waals surface area contributed by atoms with Gasteiger partial charge in [0.1, 0.15) is 0 Å². The molecule has 0 heterocycles. The molecule has 80 valence electrons. The molecule has 0 atom stereocenters. The Balaban J connectivity index is 2.23. The standard InChI is InChI=1S/C13H23N/c1-5-13(3,4)14-10-12-8-6-11(2)7-9-12/h1,11-12,14H,6-10H2,2-4H3. The zero-order chi connectivity index (χ0) is 10.6. The minimum absolute atomic E-state index is 0.136. The van der Waals surface area contributed by atoms with Crippen molar-refractivity contribution < 1.29 is 0 Å². The predicted octanol–water partition coefficient (Wildman–Crippen LogP) is 2.81. The summed E-state index contributed by atoms with van der Waals surface area (Å²) in [7, 11) is 0. The van der Waals surface area contributed by atoms with Gasteiger partial charge in [0, 0.05) is 0 Å². The molecule has 1 N–H and O–H groups in total. The highest BCUT2D eigenvalue weighted by molar-refractivity contribution is 5.07. The van der Waals surface area contributed by atoms with Crippen molar-refractivity contribution >= 4 is 0 Å². The van der Waals surface area contributed by atoms with Crippen molar-refractivity contribution in [2.45, 2.75) is 52.0 Å². The van der Waals surface area contributed by atoms with Crippen molar-refractivity contribution in [2.75, 3.05) is 6.54 Å². The van der Waals surface area contributed by atoms with Gasteiger partial charge in [-0.25, -0.2) is 0 Å². The van der Waals surface area contributed by atoms with Crippen LogP contribution in [0.2, 0.25) is 0 Å². The monoisotopic (exact) mass is 193 g/mol. The molecule has 1 heteroatoms. The first kappa shape index (κ1) is 11.6. The van der Waals surface area contributed by atoms with Crippen molar-refractivity contribution in [2.24, 2.45) is 11.8 Å². The molecule has 1 nitrogen and oxygen atoms in total. The van der Waals surface area contributed by atoms with Gasteiger partial charge in [-0.15, -0.1) is 6.42 Å². The molecular formula is C13H23N. The molecule has 0 radical (unpaired) electrons. The van der Waals surface area contributed by atoms with Gasteiger partial charge in [-0.2, -0.15) is 0 Å². The van der Waals surface area contributed by atoms with Crippen LogP contribution in [0.15, 0.2) is 0 Å². The first-order chi connectivity index (χ1) is 6.53. The number of rotatable bonds is 3. The Morgan fingerprint density at radius 3 is 2.36 bits per heavy atom. The van der Waals surface area contributed by atoms with Crippen molar-refractivity contribution in [3.63, 3.8) is 0 Å². The molecule has 14 heavy (non-hydrogen) atoms. The van der Waals surface area contributed by atoms with Crippen LogP contribution >= 0.6 is 0 Å². The van der Waals surface area contributed by atoms with E-state index in [4.69, 9.17) is 6.42 Å². The van der Waals surface area contributed by atoms with E-state index in [0.29, 0.717) is 0 Å². The van der Waals surface area contributed by atoms with Crippen molar-refractivity contribution in [3.05, 3.63) is 0 Å². The Bertz CT molecular complexity index is 204. The topological polar surface area (TPSA) is 12.0 Å². The Kier molecular flexibility index (Phi) is 4.01. The predicted molar refractivity (Wildman–Crippen MR) is 62.0 cm³/mol. The smallest absolute Gasteiger partial charge is 0.0741 e. The largest absolute Gasteiger partial charge is 0.301 e. The number of terminal acetylenes is 1. The van der Waals surface area contributed by atoms with Crippen LogP contribution < -0.4 is 5.32 Å². The summed E-state index contributed by atoms with van der Waals surface area (Å²) in [6, 6.07) is 0. The minimum Gasteiger partial charge on any atom is -0.301 e. The highest BCUT2D eigenvalue weighted by atomic mass is 14.9. The summed E-state index contributed by atoms with van der Waals surface area (Å²) in [6.45, 7) is 7.58. The van der Waals surface area contributed by atoms with Gasteiger partial charge in [0.15, 0.2) is 0 Å². The Labute approximate surface area is 88.7 Å². The molecule has 1 fully saturated rings. The molecule has 1 saturated carbocycles. The molecule has 0 aromatic heterocycles. The van der Waals surface area contributed by atoms with Gasteiger partial charge in [-0.1, -0.05) is 25.7 Å². The normalized spacial score (nSPS) is 28.4. The lowest BCUT2D eigenvalue weighted by atomic mass is 9.83. The third kappa shape index (κ3) is 3.72. The molecule has 1 aliphatic rings. The lowest BCUT2D eigenvalue weighted by Crippen LogP contribution is -2.41. The molecule has 0 unspecified atom stereocenters. The summed E-state index contributed by atoms with van der Waals surface area (Å²) >= 11 is 0. The fraction of sp³-hybridized carbons (Fsp3) is 0.846. The summed E-state index contributed by atoms with van der Waals surface area (Å²) in [5.41, 5.74) is -0.136. The molecular weight excluding hydrogens is 170 g/mol. The Morgan fingerprint density at radius 2 is 1.86 bits per heavy atom. The number of hydrogen-bond acceptors (Lipinski definition) is 1. The van der Waals surface area contributed by atoms with Gasteiger partial charge >= 0.3 is 0 Å². The zero-order valence-electron chi connectivity index (χ0n) is 9.77. The van der Waals surface area contributed by atoms with Gasteiger partial charge in [-0.05, 0) is 45.1 Å². The summed E-state index contributed by atoms with van der Waals surface area (Å²) in [6.07, 6.45) is 11.0. The molecule has 0 spiro atoms. The lowest BCUT2D eigenvalue weighted by Gasteiger charge is -2.29. The van der Waals surface area contributed by atoms with Gasteiger partial charge < -0.3 is 5.32 Å². The summed E-state index contributed by atoms with van der Waals surface area (Å²) < 4.78 is 0. The van der Waals surface area contributed by atoms with E-state index in [9.17, 15) is 0 Å². The first-order valence-corrected chi connectivity index (χ1v) is 5.76. The Morgan fingerprint density at radius 1 is 1.29 bits per heavy atom. The zero-order valence-corrected chi connectivity index (χ0v) is 9.77. The maximum Gasteiger partial charge on any atom is 0.0741 e. The van der Waals surface area contributed by atoms with Crippen LogP contribution in [0.1, 0.15) is 46.5 Å². The van der Waals surface area contributed by atoms with Crippen LogP contribution in [0.3, 0.4) is 0 Å². The average Bonchev–Trinajstić information content (AvgIpc) is 2.17. The minimum atomic E-state index is -0.136. The van der Waals surface area contributed by atoms with Crippen LogP contribution in [0.4, 0.5) is 0 Å². The van der Waals surface area contributed by atoms with Crippen LogP contribution in [0, 0.1) is 24.2 Å². The highest BCUT2D eigenvalue weighted by Crippen LogP contribution is 2.27. The van der Waals surface area contributed by atoms with Crippen molar-refractivity contribution in [3.8, 4) is 12.3 Å². The maximum atomic E-state index is 5.43. The average molecular weight is 193 g/mol. The van der Waals surface area contributed by atoms with Crippen LogP contribution in [0.5, 0.6) is 0 Å². The van der Waals surface area contributed by atoms with E-state index in [1.165, 1.54) is 25.7 Å². The van der Waals surface area contributed by atoms with Crippen LogP contribution in [-0.2, 0) is 0 Å². The van der Waals surface area contributed by atoms with Gasteiger partial charge in [0.25, 0.3) is 0 Å². The van der Waals surface area contributed by atoms with Crippen molar-refractivity contribution in [1.82, 2.24) is 5.32 Å². The van der Waals surface area contributed by atoms with Crippen LogP contribution in [-0.4, -0.2) is 12.1 Å². The van der Waals surface area contributed by atoms with Gasteiger partial charge in [0.05, 0.1) is 5.54 Å². The van der Waals surface area contributed by atoms with Crippen LogP contribution in [0.25, 0.3) is 0 Å². The lowest BCUT2D eigenvalue weighted by molar-refractivity contribution is 0.270. The van der Waals surface area contributed by atoms with E-state index in [1.54, 1.807) is 0 Å². The maximum absolute atomic E-state index is 5.43. The molecule has 0 aliphatic heterocycles. The second-order valence-electron chi connectivity index (χ2n) is 5.28. The molecule has 1 aliphatic carbocycles. The van der Waals surface area contributed by atoms with E-state index in [0.717, 1.165) is 18.4 Å². The third-order valence-corrected chi connectivity index (χ3v) is 3.33. The first-order valence-electron chi connectivity index (χ1n) is 5.76. The highest BCUT2D eigenvalue weighted by Gasteiger charge is 2.20. The van der Waals surface area contributed by atoms with E-state index < -0.39 is 0 Å². The Hall–Kier alpha value is -0.480. The fourth-order valence-corrected chi connectivity index (χ4v) is 1.98. The number of hydrogen-bond donors (Lipinski definition) is 1. The summed E-state index contributed by atoms with van der Waals surface area (Å²) in [5, 5.41) is 3.46. The molecule has 0 bridgehead atoms. The van der Waals surface area contributed by atoms with E-state index >= 15 is 0 Å². The molecule has 0 aromatic rings. The molecule has 0 amide bonds. The third-order valence-electron chi connectivity index (χ3n) is 3.33. The van der Waals surface area contributed by atoms with E-state index in [1.807, 2.05) is 0 Å². The van der Waals surface area contributed by atoms with Crippen molar-refractivity contribution in [1.29, 1.82) is 0 Å². The fourth-order valence-electron chi connectivity index (χ4n) is 1.98. The molecule has 0 saturated heterocycles. The second-order valence-corrected chi connectivity index (χ2v) is 5.28. The number of nitrogens with one attached hydrogen (secondary N) is 1.